The molecular weight excluding hydrogens is 200 g/mol. The first kappa shape index (κ1) is 11.9. The average Bonchev–Trinajstić information content (AvgIpc) is 2.51. The predicted octanol–water partition coefficient (Wildman–Crippen LogP) is 1.52. The first-order chi connectivity index (χ1) is 7.60. The molecule has 2 aliphatic carbocycles. The molecule has 0 aliphatic heterocycles. The zero-order chi connectivity index (χ0) is 11.7. The molecule has 92 valence electrons. The number of nitrogens with one attached hydrogen (secondary N) is 1. The SMILES string of the molecule is CC(C)CC(=O)NC1CC2CC(CN)CC21. The minimum atomic E-state index is 0.231. The number of nitrogens with two attached hydrogens (primary N) is 1. The molecule has 2 aliphatic rings. The van der Waals surface area contributed by atoms with E-state index in [4.69, 9.17) is 5.73 Å². The van der Waals surface area contributed by atoms with Gasteiger partial charge in [-0.3, -0.25) is 4.79 Å². The summed E-state index contributed by atoms with van der Waals surface area (Å²) in [6, 6.07) is 0.452. The molecule has 0 aromatic carbocycles. The summed E-state index contributed by atoms with van der Waals surface area (Å²) < 4.78 is 0. The van der Waals surface area contributed by atoms with Gasteiger partial charge in [0, 0.05) is 12.5 Å². The molecule has 4 unspecified atom stereocenters. The summed E-state index contributed by atoms with van der Waals surface area (Å²) in [7, 11) is 0. The molecule has 3 nitrogen and oxygen atoms in total. The Labute approximate surface area is 98.2 Å². The van der Waals surface area contributed by atoms with Crippen molar-refractivity contribution in [2.24, 2.45) is 29.4 Å². The Hall–Kier alpha value is -0.570. The zero-order valence-corrected chi connectivity index (χ0v) is 10.4. The minimum absolute atomic E-state index is 0.231. The van der Waals surface area contributed by atoms with Crippen molar-refractivity contribution in [3.05, 3.63) is 0 Å². The van der Waals surface area contributed by atoms with Gasteiger partial charge in [-0.15, -0.1) is 0 Å². The van der Waals surface area contributed by atoms with E-state index in [1.807, 2.05) is 0 Å². The molecule has 0 heterocycles. The van der Waals surface area contributed by atoms with Gasteiger partial charge >= 0.3 is 0 Å². The molecule has 2 rings (SSSR count). The van der Waals surface area contributed by atoms with Gasteiger partial charge in [0.1, 0.15) is 0 Å². The van der Waals surface area contributed by atoms with Gasteiger partial charge < -0.3 is 11.1 Å². The maximum absolute atomic E-state index is 11.7. The Balaban J connectivity index is 1.76. The standard InChI is InChI=1S/C13H24N2O/c1-8(2)3-13(16)15-12-6-10-4-9(7-14)5-11(10)12/h8-12H,3-7,14H2,1-2H3,(H,15,16). The maximum Gasteiger partial charge on any atom is 0.220 e. The van der Waals surface area contributed by atoms with E-state index in [2.05, 4.69) is 19.2 Å². The fraction of sp³-hybridized carbons (Fsp3) is 0.923. The van der Waals surface area contributed by atoms with Crippen LogP contribution in [0.2, 0.25) is 0 Å². The van der Waals surface area contributed by atoms with Crippen molar-refractivity contribution in [3.8, 4) is 0 Å². The second kappa shape index (κ2) is 4.74. The lowest BCUT2D eigenvalue weighted by Crippen LogP contribution is -2.50. The van der Waals surface area contributed by atoms with E-state index < -0.39 is 0 Å². The molecule has 16 heavy (non-hydrogen) atoms. The number of rotatable bonds is 4. The number of hydrogen-bond acceptors (Lipinski definition) is 2. The lowest BCUT2D eigenvalue weighted by molar-refractivity contribution is -0.124. The van der Waals surface area contributed by atoms with Gasteiger partial charge in [-0.05, 0) is 49.5 Å². The fourth-order valence-electron chi connectivity index (χ4n) is 3.34. The quantitative estimate of drug-likeness (QED) is 0.760. The van der Waals surface area contributed by atoms with Gasteiger partial charge in [0.25, 0.3) is 0 Å². The molecule has 0 radical (unpaired) electrons. The predicted molar refractivity (Wildman–Crippen MR) is 64.8 cm³/mol. The number of amides is 1. The maximum atomic E-state index is 11.7. The molecule has 0 spiro atoms. The highest BCUT2D eigenvalue weighted by molar-refractivity contribution is 5.76. The highest BCUT2D eigenvalue weighted by atomic mass is 16.1. The molecule has 4 atom stereocenters. The summed E-state index contributed by atoms with van der Waals surface area (Å²) in [4.78, 5) is 11.7. The summed E-state index contributed by atoms with van der Waals surface area (Å²) in [5.74, 6) is 2.97. The molecule has 2 fully saturated rings. The average molecular weight is 224 g/mol. The normalized spacial score (nSPS) is 37.0. The molecule has 0 aromatic heterocycles. The van der Waals surface area contributed by atoms with Crippen molar-refractivity contribution in [2.75, 3.05) is 6.54 Å². The molecule has 3 N–H and O–H groups in total. The molecule has 0 bridgehead atoms. The molecule has 1 amide bonds. The Morgan fingerprint density at radius 3 is 2.75 bits per heavy atom. The summed E-state index contributed by atoms with van der Waals surface area (Å²) >= 11 is 0. The van der Waals surface area contributed by atoms with Crippen molar-refractivity contribution in [3.63, 3.8) is 0 Å². The van der Waals surface area contributed by atoms with Gasteiger partial charge in [-0.25, -0.2) is 0 Å². The van der Waals surface area contributed by atoms with Crippen molar-refractivity contribution in [1.29, 1.82) is 0 Å². The Morgan fingerprint density at radius 2 is 2.12 bits per heavy atom. The van der Waals surface area contributed by atoms with Crippen LogP contribution in [0, 0.1) is 23.7 Å². The number of carbonyl (C=O) groups is 1. The lowest BCUT2D eigenvalue weighted by Gasteiger charge is -2.41. The van der Waals surface area contributed by atoms with Crippen LogP contribution in [0.25, 0.3) is 0 Å². The lowest BCUT2D eigenvalue weighted by atomic mass is 9.71. The van der Waals surface area contributed by atoms with Crippen LogP contribution in [-0.4, -0.2) is 18.5 Å². The highest BCUT2D eigenvalue weighted by Crippen LogP contribution is 2.49. The smallest absolute Gasteiger partial charge is 0.220 e. The minimum Gasteiger partial charge on any atom is -0.353 e. The van der Waals surface area contributed by atoms with Crippen LogP contribution in [0.4, 0.5) is 0 Å². The number of fused-ring (bicyclic) bond motifs is 1. The van der Waals surface area contributed by atoms with Crippen LogP contribution in [-0.2, 0) is 4.79 Å². The number of hydrogen-bond donors (Lipinski definition) is 2. The van der Waals surface area contributed by atoms with Crippen LogP contribution < -0.4 is 11.1 Å². The Morgan fingerprint density at radius 1 is 1.38 bits per heavy atom. The van der Waals surface area contributed by atoms with Crippen molar-refractivity contribution in [1.82, 2.24) is 5.32 Å². The molecule has 2 saturated carbocycles. The Bertz CT molecular complexity index is 265. The van der Waals surface area contributed by atoms with Gasteiger partial charge in [0.2, 0.25) is 5.91 Å². The van der Waals surface area contributed by atoms with Crippen LogP contribution >= 0.6 is 0 Å². The first-order valence-electron chi connectivity index (χ1n) is 6.59. The van der Waals surface area contributed by atoms with E-state index in [9.17, 15) is 4.79 Å². The monoisotopic (exact) mass is 224 g/mol. The van der Waals surface area contributed by atoms with Crippen LogP contribution in [0.1, 0.15) is 39.5 Å². The van der Waals surface area contributed by atoms with Crippen LogP contribution in [0.3, 0.4) is 0 Å². The third-order valence-electron chi connectivity index (χ3n) is 4.19. The van der Waals surface area contributed by atoms with Gasteiger partial charge in [0.15, 0.2) is 0 Å². The van der Waals surface area contributed by atoms with Crippen LogP contribution in [0.15, 0.2) is 0 Å². The third-order valence-corrected chi connectivity index (χ3v) is 4.19. The van der Waals surface area contributed by atoms with Crippen molar-refractivity contribution < 1.29 is 4.79 Å². The Kier molecular flexibility index (Phi) is 3.53. The second-order valence-electron chi connectivity index (χ2n) is 6.00. The summed E-state index contributed by atoms with van der Waals surface area (Å²) in [5, 5.41) is 3.18. The third kappa shape index (κ3) is 2.40. The van der Waals surface area contributed by atoms with Gasteiger partial charge in [-0.2, -0.15) is 0 Å². The molecular formula is C13H24N2O. The summed E-state index contributed by atoms with van der Waals surface area (Å²) in [5.41, 5.74) is 5.71. The van der Waals surface area contributed by atoms with E-state index >= 15 is 0 Å². The molecule has 3 heteroatoms. The van der Waals surface area contributed by atoms with Gasteiger partial charge in [0.05, 0.1) is 0 Å². The van der Waals surface area contributed by atoms with Crippen molar-refractivity contribution >= 4 is 5.91 Å². The van der Waals surface area contributed by atoms with E-state index in [1.54, 1.807) is 0 Å². The van der Waals surface area contributed by atoms with Gasteiger partial charge in [-0.1, -0.05) is 13.8 Å². The zero-order valence-electron chi connectivity index (χ0n) is 10.4. The van der Waals surface area contributed by atoms with E-state index in [1.165, 1.54) is 19.3 Å². The van der Waals surface area contributed by atoms with E-state index in [0.717, 1.165) is 18.4 Å². The van der Waals surface area contributed by atoms with E-state index in [0.29, 0.717) is 24.3 Å². The van der Waals surface area contributed by atoms with E-state index in [-0.39, 0.29) is 5.91 Å². The first-order valence-corrected chi connectivity index (χ1v) is 6.59. The fourth-order valence-corrected chi connectivity index (χ4v) is 3.34. The highest BCUT2D eigenvalue weighted by Gasteiger charge is 2.47. The topological polar surface area (TPSA) is 55.1 Å². The van der Waals surface area contributed by atoms with Crippen molar-refractivity contribution in [2.45, 2.75) is 45.6 Å². The summed E-state index contributed by atoms with van der Waals surface area (Å²) in [6.07, 6.45) is 4.37. The largest absolute Gasteiger partial charge is 0.353 e. The molecule has 0 aromatic rings. The number of carbonyl (C=O) groups excluding carboxylic acids is 1. The second-order valence-corrected chi connectivity index (χ2v) is 6.00. The molecule has 0 saturated heterocycles. The summed E-state index contributed by atoms with van der Waals surface area (Å²) in [6.45, 7) is 4.99. The van der Waals surface area contributed by atoms with Crippen LogP contribution in [0.5, 0.6) is 0 Å².